The van der Waals surface area contributed by atoms with Crippen LogP contribution >= 0.6 is 23.2 Å². The highest BCUT2D eigenvalue weighted by Gasteiger charge is 2.49. The largest absolute Gasteiger partial charge is 0.481 e. The molecule has 1 saturated heterocycles. The zero-order valence-electron chi connectivity index (χ0n) is 23.8. The highest BCUT2D eigenvalue weighted by molar-refractivity contribution is 7.93. The molecular formula is C32H31Cl2N3O6S. The number of amides is 1. The van der Waals surface area contributed by atoms with Crippen LogP contribution in [0.15, 0.2) is 72.8 Å². The number of carboxylic acid groups (broad SMARTS) is 1. The Balaban J connectivity index is 1.67. The molecule has 44 heavy (non-hydrogen) atoms. The number of sulfonamides is 1. The van der Waals surface area contributed by atoms with Crippen molar-refractivity contribution in [2.45, 2.75) is 62.1 Å². The van der Waals surface area contributed by atoms with Gasteiger partial charge in [-0.25, -0.2) is 8.42 Å². The molecule has 2 fully saturated rings. The maximum atomic E-state index is 14.3. The molecule has 0 spiro atoms. The molecule has 5 rings (SSSR count). The summed E-state index contributed by atoms with van der Waals surface area (Å²) in [5.41, 5.74) is 1.71. The summed E-state index contributed by atoms with van der Waals surface area (Å²) >= 11 is 12.6. The van der Waals surface area contributed by atoms with Gasteiger partial charge in [-0.05, 0) is 66.8 Å². The second kappa shape index (κ2) is 13.2. The van der Waals surface area contributed by atoms with E-state index in [0.29, 0.717) is 40.4 Å². The first-order valence-electron chi connectivity index (χ1n) is 14.3. The lowest BCUT2D eigenvalue weighted by atomic mass is 9.89. The highest BCUT2D eigenvalue weighted by atomic mass is 35.5. The predicted molar refractivity (Wildman–Crippen MR) is 167 cm³/mol. The Morgan fingerprint density at radius 2 is 1.77 bits per heavy atom. The van der Waals surface area contributed by atoms with Crippen LogP contribution in [0, 0.1) is 11.3 Å². The number of rotatable bonds is 11. The van der Waals surface area contributed by atoms with Gasteiger partial charge in [0.1, 0.15) is 18.3 Å². The lowest BCUT2D eigenvalue weighted by molar-refractivity contribution is -0.183. The van der Waals surface area contributed by atoms with Gasteiger partial charge in [-0.1, -0.05) is 66.5 Å². The van der Waals surface area contributed by atoms with Crippen molar-refractivity contribution in [1.29, 1.82) is 5.26 Å². The molecule has 3 aromatic carbocycles. The summed E-state index contributed by atoms with van der Waals surface area (Å²) in [6.07, 6.45) is -1.43. The number of anilines is 1. The normalized spacial score (nSPS) is 21.0. The van der Waals surface area contributed by atoms with E-state index < -0.39 is 57.9 Å². The third-order valence-electron chi connectivity index (χ3n) is 7.96. The first-order valence-corrected chi connectivity index (χ1v) is 16.5. The van der Waals surface area contributed by atoms with Crippen LogP contribution < -0.4 is 4.31 Å². The number of nitrogens with zero attached hydrogens (tertiary/aromatic N) is 3. The van der Waals surface area contributed by atoms with Gasteiger partial charge in [-0.15, -0.1) is 0 Å². The monoisotopic (exact) mass is 655 g/mol. The molecule has 9 nitrogen and oxygen atoms in total. The van der Waals surface area contributed by atoms with Gasteiger partial charge in [0.25, 0.3) is 5.91 Å². The van der Waals surface area contributed by atoms with Crippen molar-refractivity contribution >= 4 is 50.8 Å². The number of benzene rings is 3. The van der Waals surface area contributed by atoms with Gasteiger partial charge >= 0.3 is 5.97 Å². The summed E-state index contributed by atoms with van der Waals surface area (Å²) in [6, 6.07) is 20.9. The summed E-state index contributed by atoms with van der Waals surface area (Å²) in [5, 5.41) is 19.9. The van der Waals surface area contributed by atoms with E-state index in [4.69, 9.17) is 27.9 Å². The van der Waals surface area contributed by atoms with Crippen molar-refractivity contribution in [3.63, 3.8) is 0 Å². The number of halogens is 2. The average Bonchev–Trinajstić information content (AvgIpc) is 3.86. The number of aliphatic carboxylic acids is 1. The number of hydrogen-bond donors (Lipinski definition) is 1. The molecule has 0 bridgehead atoms. The van der Waals surface area contributed by atoms with Crippen LogP contribution in [-0.4, -0.2) is 54.2 Å². The third-order valence-corrected chi connectivity index (χ3v) is 10.7. The van der Waals surface area contributed by atoms with Gasteiger partial charge in [0.2, 0.25) is 10.0 Å². The van der Waals surface area contributed by atoms with Crippen molar-refractivity contribution in [3.8, 4) is 6.07 Å². The van der Waals surface area contributed by atoms with Crippen molar-refractivity contribution in [2.24, 2.45) is 0 Å². The standard InChI is InChI=1S/C32H31Cl2N3O6S/c1-2-25(19-36(44(41,42)26-14-15-26)27-9-4-3-6-22(27)18-35)37-30(20-10-12-23(33)13-11-20)31(21-7-5-8-24(34)16-21)43-28(32(37)40)17-29(38)39/h3-13,16,25-26,28,30-31H,2,14-15,17,19H2,1H3,(H,38,39)/t25?,28-,30?,31+/m0/s1. The van der Waals surface area contributed by atoms with Gasteiger partial charge in [-0.3, -0.25) is 13.9 Å². The molecule has 0 aromatic heterocycles. The quantitative estimate of drug-likeness (QED) is 0.263. The van der Waals surface area contributed by atoms with Crippen molar-refractivity contribution < 1.29 is 27.9 Å². The zero-order valence-corrected chi connectivity index (χ0v) is 26.2. The molecular weight excluding hydrogens is 625 g/mol. The summed E-state index contributed by atoms with van der Waals surface area (Å²) in [5.74, 6) is -1.79. The first kappa shape index (κ1) is 31.8. The van der Waals surface area contributed by atoms with Gasteiger partial charge in [0.15, 0.2) is 0 Å². The van der Waals surface area contributed by atoms with Crippen LogP contribution in [0.3, 0.4) is 0 Å². The molecule has 2 aliphatic rings. The van der Waals surface area contributed by atoms with E-state index >= 15 is 0 Å². The summed E-state index contributed by atoms with van der Waals surface area (Å²) in [7, 11) is -3.88. The fourth-order valence-corrected chi connectivity index (χ4v) is 7.91. The molecule has 1 N–H and O–H groups in total. The maximum absolute atomic E-state index is 14.3. The van der Waals surface area contributed by atoms with Crippen LogP contribution in [0.25, 0.3) is 0 Å². The van der Waals surface area contributed by atoms with Gasteiger partial charge < -0.3 is 14.7 Å². The second-order valence-corrected chi connectivity index (χ2v) is 13.9. The minimum atomic E-state index is -3.88. The fraction of sp³-hybridized carbons (Fsp3) is 0.344. The van der Waals surface area contributed by atoms with Crippen molar-refractivity contribution in [2.75, 3.05) is 10.8 Å². The smallest absolute Gasteiger partial charge is 0.306 e. The van der Waals surface area contributed by atoms with Gasteiger partial charge in [0.05, 0.1) is 41.6 Å². The number of hydrogen-bond acceptors (Lipinski definition) is 6. The van der Waals surface area contributed by atoms with Crippen LogP contribution in [0.1, 0.15) is 61.4 Å². The zero-order chi connectivity index (χ0) is 31.6. The van der Waals surface area contributed by atoms with E-state index in [1.165, 1.54) is 4.31 Å². The Kier molecular flexibility index (Phi) is 9.51. The highest BCUT2D eigenvalue weighted by Crippen LogP contribution is 2.45. The minimum Gasteiger partial charge on any atom is -0.481 e. The number of carbonyl (C=O) groups is 2. The SMILES string of the molecule is CCC(CN(c1ccccc1C#N)S(=O)(=O)C1CC1)N1C(=O)[C@H](CC(=O)O)O[C@H](c2cccc(Cl)c2)C1c1ccc(Cl)cc1. The number of para-hydroxylation sites is 1. The topological polar surface area (TPSA) is 128 Å². The molecule has 1 aliphatic heterocycles. The number of morpholine rings is 1. The van der Waals surface area contributed by atoms with Crippen molar-refractivity contribution in [1.82, 2.24) is 4.90 Å². The lowest BCUT2D eigenvalue weighted by Gasteiger charge is -2.48. The Labute approximate surface area is 266 Å². The van der Waals surface area contributed by atoms with Gasteiger partial charge in [-0.2, -0.15) is 5.26 Å². The number of ether oxygens (including phenoxy) is 1. The molecule has 230 valence electrons. The Bertz CT molecular complexity index is 1690. The van der Waals surface area contributed by atoms with E-state index in [9.17, 15) is 28.4 Å². The Morgan fingerprint density at radius 1 is 1.07 bits per heavy atom. The van der Waals surface area contributed by atoms with E-state index in [2.05, 4.69) is 6.07 Å². The fourth-order valence-electron chi connectivity index (χ4n) is 5.68. The van der Waals surface area contributed by atoms with E-state index in [1.54, 1.807) is 77.7 Å². The molecule has 1 heterocycles. The summed E-state index contributed by atoms with van der Waals surface area (Å²) in [4.78, 5) is 27.7. The van der Waals surface area contributed by atoms with E-state index in [1.807, 2.05) is 6.92 Å². The predicted octanol–water partition coefficient (Wildman–Crippen LogP) is 6.13. The molecule has 1 aliphatic carbocycles. The summed E-state index contributed by atoms with van der Waals surface area (Å²) < 4.78 is 35.3. The maximum Gasteiger partial charge on any atom is 0.306 e. The Morgan fingerprint density at radius 3 is 2.39 bits per heavy atom. The Hall–Kier alpha value is -3.62. The van der Waals surface area contributed by atoms with Crippen LogP contribution in [-0.2, 0) is 24.3 Å². The molecule has 1 saturated carbocycles. The second-order valence-electron chi connectivity index (χ2n) is 10.9. The van der Waals surface area contributed by atoms with Crippen LogP contribution in [0.2, 0.25) is 10.0 Å². The van der Waals surface area contributed by atoms with E-state index in [-0.39, 0.29) is 17.8 Å². The molecule has 0 radical (unpaired) electrons. The number of carboxylic acids is 1. The number of carbonyl (C=O) groups excluding carboxylic acids is 1. The minimum absolute atomic E-state index is 0.147. The molecule has 2 unspecified atom stereocenters. The van der Waals surface area contributed by atoms with Crippen molar-refractivity contribution in [3.05, 3.63) is 99.5 Å². The number of nitriles is 1. The summed E-state index contributed by atoms with van der Waals surface area (Å²) in [6.45, 7) is 1.69. The first-order chi connectivity index (χ1) is 21.0. The molecule has 1 amide bonds. The molecule has 3 aromatic rings. The lowest BCUT2D eigenvalue weighted by Crippen LogP contribution is -2.58. The molecule has 4 atom stereocenters. The molecule has 12 heteroatoms. The van der Waals surface area contributed by atoms with Gasteiger partial charge in [0, 0.05) is 10.0 Å². The third kappa shape index (κ3) is 6.57. The average molecular weight is 657 g/mol. The van der Waals surface area contributed by atoms with Crippen LogP contribution in [0.5, 0.6) is 0 Å². The van der Waals surface area contributed by atoms with E-state index in [0.717, 1.165) is 0 Å². The van der Waals surface area contributed by atoms with Crippen LogP contribution in [0.4, 0.5) is 5.69 Å².